The SMILES string of the molecule is O=C(O)c1cc(S(=O)(=O)NC2CCSCC2)c(Br)s1. The van der Waals surface area contributed by atoms with Crippen LogP contribution >= 0.6 is 39.0 Å². The average Bonchev–Trinajstić information content (AvgIpc) is 2.73. The molecule has 0 saturated carbocycles. The van der Waals surface area contributed by atoms with Crippen LogP contribution in [0.4, 0.5) is 0 Å². The minimum Gasteiger partial charge on any atom is -0.477 e. The highest BCUT2D eigenvalue weighted by molar-refractivity contribution is 9.11. The van der Waals surface area contributed by atoms with E-state index in [-0.39, 0.29) is 15.8 Å². The second-order valence-electron chi connectivity index (χ2n) is 4.06. The van der Waals surface area contributed by atoms with Crippen molar-refractivity contribution in [3.05, 3.63) is 14.7 Å². The molecule has 0 aromatic carbocycles. The van der Waals surface area contributed by atoms with Gasteiger partial charge in [-0.2, -0.15) is 11.8 Å². The van der Waals surface area contributed by atoms with Crippen LogP contribution in [-0.2, 0) is 10.0 Å². The van der Waals surface area contributed by atoms with Crippen molar-refractivity contribution in [3.63, 3.8) is 0 Å². The Kier molecular flexibility index (Phi) is 4.93. The molecule has 0 aliphatic carbocycles. The lowest BCUT2D eigenvalue weighted by Gasteiger charge is -2.22. The van der Waals surface area contributed by atoms with Gasteiger partial charge in [-0.3, -0.25) is 0 Å². The molecule has 9 heteroatoms. The van der Waals surface area contributed by atoms with Gasteiger partial charge in [-0.15, -0.1) is 11.3 Å². The maximum Gasteiger partial charge on any atom is 0.345 e. The fraction of sp³-hybridized carbons (Fsp3) is 0.500. The van der Waals surface area contributed by atoms with Gasteiger partial charge in [0.05, 0.1) is 3.79 Å². The van der Waals surface area contributed by atoms with Gasteiger partial charge < -0.3 is 5.11 Å². The molecule has 5 nitrogen and oxygen atoms in total. The third-order valence-electron chi connectivity index (χ3n) is 2.70. The Morgan fingerprint density at radius 2 is 2.05 bits per heavy atom. The van der Waals surface area contributed by atoms with Gasteiger partial charge in [0.15, 0.2) is 0 Å². The number of halogens is 1. The predicted molar refractivity (Wildman–Crippen MR) is 79.6 cm³/mol. The first kappa shape index (κ1) is 15.3. The molecular weight excluding hydrogens is 374 g/mol. The summed E-state index contributed by atoms with van der Waals surface area (Å²) < 4.78 is 27.4. The zero-order chi connectivity index (χ0) is 14.0. The Balaban J connectivity index is 2.21. The number of hydrogen-bond acceptors (Lipinski definition) is 5. The predicted octanol–water partition coefficient (Wildman–Crippen LogP) is 2.38. The summed E-state index contributed by atoms with van der Waals surface area (Å²) in [5.74, 6) is 0.762. The van der Waals surface area contributed by atoms with Gasteiger partial charge in [0.2, 0.25) is 10.0 Å². The number of carboxylic acid groups (broad SMARTS) is 1. The maximum atomic E-state index is 12.2. The number of hydrogen-bond donors (Lipinski definition) is 2. The van der Waals surface area contributed by atoms with Crippen LogP contribution in [0.5, 0.6) is 0 Å². The molecule has 2 heterocycles. The van der Waals surface area contributed by atoms with E-state index in [1.54, 1.807) is 0 Å². The Labute approximate surface area is 128 Å². The van der Waals surface area contributed by atoms with Crippen LogP contribution < -0.4 is 4.72 Å². The molecule has 2 rings (SSSR count). The molecule has 1 saturated heterocycles. The van der Waals surface area contributed by atoms with E-state index in [1.807, 2.05) is 11.8 Å². The Hall–Kier alpha value is -0.0900. The number of thioether (sulfide) groups is 1. The van der Waals surface area contributed by atoms with Crippen molar-refractivity contribution in [2.24, 2.45) is 0 Å². The van der Waals surface area contributed by atoms with Gasteiger partial charge in [0.25, 0.3) is 0 Å². The number of nitrogens with one attached hydrogen (secondary N) is 1. The van der Waals surface area contributed by atoms with Crippen molar-refractivity contribution in [1.82, 2.24) is 4.72 Å². The van der Waals surface area contributed by atoms with E-state index in [2.05, 4.69) is 20.7 Å². The van der Waals surface area contributed by atoms with E-state index in [4.69, 9.17) is 5.11 Å². The number of carboxylic acids is 1. The molecule has 0 bridgehead atoms. The zero-order valence-corrected chi connectivity index (χ0v) is 13.8. The lowest BCUT2D eigenvalue weighted by atomic mass is 10.2. The van der Waals surface area contributed by atoms with E-state index in [0.29, 0.717) is 3.79 Å². The quantitative estimate of drug-likeness (QED) is 0.830. The molecule has 0 radical (unpaired) electrons. The monoisotopic (exact) mass is 385 g/mol. The van der Waals surface area contributed by atoms with E-state index in [0.717, 1.165) is 35.7 Å². The van der Waals surface area contributed by atoms with Crippen LogP contribution in [0.3, 0.4) is 0 Å². The van der Waals surface area contributed by atoms with Crippen LogP contribution in [0, 0.1) is 0 Å². The average molecular weight is 386 g/mol. The molecule has 19 heavy (non-hydrogen) atoms. The van der Waals surface area contributed by atoms with E-state index in [9.17, 15) is 13.2 Å². The summed E-state index contributed by atoms with van der Waals surface area (Å²) in [5.41, 5.74) is 0. The summed E-state index contributed by atoms with van der Waals surface area (Å²) in [4.78, 5) is 10.9. The van der Waals surface area contributed by atoms with Crippen molar-refractivity contribution in [3.8, 4) is 0 Å². The first-order valence-corrected chi connectivity index (χ1v) is 9.77. The molecular formula is C10H12BrNO4S3. The minimum atomic E-state index is -3.66. The highest BCUT2D eigenvalue weighted by Gasteiger charge is 2.26. The number of thiophene rings is 1. The molecule has 106 valence electrons. The van der Waals surface area contributed by atoms with Gasteiger partial charge in [-0.1, -0.05) is 0 Å². The fourth-order valence-corrected chi connectivity index (χ4v) is 6.55. The van der Waals surface area contributed by atoms with Crippen LogP contribution in [0.15, 0.2) is 14.7 Å². The summed E-state index contributed by atoms with van der Waals surface area (Å²) in [7, 11) is -3.66. The first-order valence-electron chi connectivity index (χ1n) is 5.53. The standard InChI is InChI=1S/C10H12BrNO4S3/c11-9-8(5-7(18-9)10(13)14)19(15,16)12-6-1-3-17-4-2-6/h5-6,12H,1-4H2,(H,13,14). The second kappa shape index (κ2) is 6.13. The number of carbonyl (C=O) groups is 1. The molecule has 0 atom stereocenters. The molecule has 0 amide bonds. The van der Waals surface area contributed by atoms with Crippen LogP contribution in [0.2, 0.25) is 0 Å². The molecule has 1 fully saturated rings. The molecule has 1 aliphatic heterocycles. The third-order valence-corrected chi connectivity index (χ3v) is 7.51. The second-order valence-corrected chi connectivity index (χ2v) is 9.34. The normalized spacial score (nSPS) is 17.5. The van der Waals surface area contributed by atoms with E-state index >= 15 is 0 Å². The molecule has 2 N–H and O–H groups in total. The Morgan fingerprint density at radius 3 is 2.58 bits per heavy atom. The highest BCUT2D eigenvalue weighted by Crippen LogP contribution is 2.32. The highest BCUT2D eigenvalue weighted by atomic mass is 79.9. The molecule has 0 spiro atoms. The van der Waals surface area contributed by atoms with Crippen molar-refractivity contribution in [2.45, 2.75) is 23.8 Å². The van der Waals surface area contributed by atoms with Crippen LogP contribution in [0.1, 0.15) is 22.5 Å². The zero-order valence-electron chi connectivity index (χ0n) is 9.76. The third kappa shape index (κ3) is 3.72. The van der Waals surface area contributed by atoms with Gasteiger partial charge in [0.1, 0.15) is 9.77 Å². The van der Waals surface area contributed by atoms with Gasteiger partial charge in [0, 0.05) is 6.04 Å². The molecule has 1 aliphatic rings. The van der Waals surface area contributed by atoms with E-state index < -0.39 is 16.0 Å². The largest absolute Gasteiger partial charge is 0.477 e. The summed E-state index contributed by atoms with van der Waals surface area (Å²) in [6.07, 6.45) is 1.61. The van der Waals surface area contributed by atoms with Crippen molar-refractivity contribution in [1.29, 1.82) is 0 Å². The van der Waals surface area contributed by atoms with Crippen molar-refractivity contribution >= 4 is 55.0 Å². The molecule has 0 unspecified atom stereocenters. The smallest absolute Gasteiger partial charge is 0.345 e. The first-order chi connectivity index (χ1) is 8.90. The lowest BCUT2D eigenvalue weighted by molar-refractivity contribution is 0.0702. The summed E-state index contributed by atoms with van der Waals surface area (Å²) in [6.45, 7) is 0. The Bertz CT molecular complexity index is 578. The van der Waals surface area contributed by atoms with Gasteiger partial charge in [-0.05, 0) is 46.3 Å². The summed E-state index contributed by atoms with van der Waals surface area (Å²) in [6, 6.07) is 1.13. The van der Waals surface area contributed by atoms with Crippen molar-refractivity contribution in [2.75, 3.05) is 11.5 Å². The van der Waals surface area contributed by atoms with Crippen LogP contribution in [0.25, 0.3) is 0 Å². The van der Waals surface area contributed by atoms with Crippen LogP contribution in [-0.4, -0.2) is 37.0 Å². The number of aromatic carboxylic acids is 1. The summed E-state index contributed by atoms with van der Waals surface area (Å²) >= 11 is 5.84. The Morgan fingerprint density at radius 1 is 1.42 bits per heavy atom. The number of rotatable bonds is 4. The lowest BCUT2D eigenvalue weighted by Crippen LogP contribution is -2.37. The minimum absolute atomic E-state index is 0.00597. The van der Waals surface area contributed by atoms with Gasteiger partial charge >= 0.3 is 5.97 Å². The van der Waals surface area contributed by atoms with E-state index in [1.165, 1.54) is 6.07 Å². The summed E-state index contributed by atoms with van der Waals surface area (Å²) in [5, 5.41) is 8.88. The molecule has 1 aromatic rings. The topological polar surface area (TPSA) is 83.5 Å². The fourth-order valence-electron chi connectivity index (χ4n) is 1.74. The van der Waals surface area contributed by atoms with Gasteiger partial charge in [-0.25, -0.2) is 17.9 Å². The van der Waals surface area contributed by atoms with Crippen molar-refractivity contribution < 1.29 is 18.3 Å². The maximum absolute atomic E-state index is 12.2. The molecule has 1 aromatic heterocycles. The number of sulfonamides is 1.